The highest BCUT2D eigenvalue weighted by Gasteiger charge is 2.21. The Labute approximate surface area is 137 Å². The van der Waals surface area contributed by atoms with Gasteiger partial charge in [-0.25, -0.2) is 0 Å². The number of rotatable bonds is 6. The van der Waals surface area contributed by atoms with Gasteiger partial charge in [0.2, 0.25) is 0 Å². The van der Waals surface area contributed by atoms with Crippen LogP contribution in [0.4, 0.5) is 5.69 Å². The molecular formula is C17H28BrN3. The highest BCUT2D eigenvalue weighted by Crippen LogP contribution is 2.26. The predicted molar refractivity (Wildman–Crippen MR) is 95.0 cm³/mol. The first kappa shape index (κ1) is 16.8. The fraction of sp³-hybridized carbons (Fsp3) is 0.647. The van der Waals surface area contributed by atoms with E-state index >= 15 is 0 Å². The molecule has 2 rings (SSSR count). The molecule has 0 radical (unpaired) electrons. The molecule has 0 aliphatic carbocycles. The monoisotopic (exact) mass is 353 g/mol. The summed E-state index contributed by atoms with van der Waals surface area (Å²) in [6, 6.07) is 7.12. The zero-order valence-electron chi connectivity index (χ0n) is 13.7. The first-order valence-electron chi connectivity index (χ1n) is 7.87. The van der Waals surface area contributed by atoms with Crippen molar-refractivity contribution in [3.8, 4) is 0 Å². The predicted octanol–water partition coefficient (Wildman–Crippen LogP) is 3.34. The molecule has 1 atom stereocenters. The lowest BCUT2D eigenvalue weighted by atomic mass is 10.1. The molecular weight excluding hydrogens is 326 g/mol. The molecule has 0 spiro atoms. The summed E-state index contributed by atoms with van der Waals surface area (Å²) in [5, 5.41) is 3.53. The standard InChI is InChI=1S/C17H28BrN3/c1-13(2)19-10-15-5-6-16(18)9-17(15)21(4)12-14-7-8-20(3)11-14/h5-6,9,13-14,19H,7-8,10-12H2,1-4H3. The zero-order valence-corrected chi connectivity index (χ0v) is 15.3. The molecule has 21 heavy (non-hydrogen) atoms. The molecule has 1 aromatic carbocycles. The van der Waals surface area contributed by atoms with Gasteiger partial charge in [-0.15, -0.1) is 0 Å². The van der Waals surface area contributed by atoms with E-state index in [0.29, 0.717) is 6.04 Å². The van der Waals surface area contributed by atoms with Gasteiger partial charge in [0.15, 0.2) is 0 Å². The number of likely N-dealkylation sites (tertiary alicyclic amines) is 1. The van der Waals surface area contributed by atoms with Gasteiger partial charge < -0.3 is 15.1 Å². The van der Waals surface area contributed by atoms with Crippen molar-refractivity contribution in [1.29, 1.82) is 0 Å². The lowest BCUT2D eigenvalue weighted by Gasteiger charge is -2.26. The van der Waals surface area contributed by atoms with Crippen molar-refractivity contribution in [1.82, 2.24) is 10.2 Å². The van der Waals surface area contributed by atoms with E-state index in [1.807, 2.05) is 0 Å². The van der Waals surface area contributed by atoms with E-state index < -0.39 is 0 Å². The molecule has 1 unspecified atom stereocenters. The van der Waals surface area contributed by atoms with Crippen LogP contribution in [0, 0.1) is 5.92 Å². The smallest absolute Gasteiger partial charge is 0.0420 e. The molecule has 0 saturated carbocycles. The van der Waals surface area contributed by atoms with E-state index in [1.165, 1.54) is 30.8 Å². The molecule has 118 valence electrons. The second-order valence-electron chi connectivity index (χ2n) is 6.61. The molecule has 1 aliphatic heterocycles. The molecule has 1 aliphatic rings. The van der Waals surface area contributed by atoms with Gasteiger partial charge in [-0.05, 0) is 43.6 Å². The van der Waals surface area contributed by atoms with Gasteiger partial charge in [0.1, 0.15) is 0 Å². The van der Waals surface area contributed by atoms with Crippen LogP contribution >= 0.6 is 15.9 Å². The lowest BCUT2D eigenvalue weighted by Crippen LogP contribution is -2.29. The topological polar surface area (TPSA) is 18.5 Å². The fourth-order valence-electron chi connectivity index (χ4n) is 3.02. The third-order valence-electron chi connectivity index (χ3n) is 4.18. The van der Waals surface area contributed by atoms with Gasteiger partial charge in [-0.1, -0.05) is 35.8 Å². The number of hydrogen-bond acceptors (Lipinski definition) is 3. The van der Waals surface area contributed by atoms with Crippen molar-refractivity contribution >= 4 is 21.6 Å². The van der Waals surface area contributed by atoms with Crippen LogP contribution in [-0.4, -0.2) is 44.7 Å². The minimum Gasteiger partial charge on any atom is -0.374 e. The number of hydrogen-bond donors (Lipinski definition) is 1. The van der Waals surface area contributed by atoms with Crippen molar-refractivity contribution in [2.45, 2.75) is 32.9 Å². The Morgan fingerprint density at radius 1 is 1.43 bits per heavy atom. The lowest BCUT2D eigenvalue weighted by molar-refractivity contribution is 0.396. The Bertz CT molecular complexity index is 461. The van der Waals surface area contributed by atoms with E-state index in [9.17, 15) is 0 Å². The Morgan fingerprint density at radius 3 is 2.81 bits per heavy atom. The van der Waals surface area contributed by atoms with Crippen LogP contribution in [0.5, 0.6) is 0 Å². The highest BCUT2D eigenvalue weighted by atomic mass is 79.9. The molecule has 3 nitrogen and oxygen atoms in total. The van der Waals surface area contributed by atoms with Crippen LogP contribution < -0.4 is 10.2 Å². The van der Waals surface area contributed by atoms with E-state index in [4.69, 9.17) is 0 Å². The van der Waals surface area contributed by atoms with Crippen LogP contribution in [0.15, 0.2) is 22.7 Å². The Kier molecular flexibility index (Phi) is 6.08. The average molecular weight is 354 g/mol. The number of benzene rings is 1. The normalized spacial score (nSPS) is 19.4. The number of nitrogens with zero attached hydrogens (tertiary/aromatic N) is 2. The second-order valence-corrected chi connectivity index (χ2v) is 7.52. The molecule has 1 N–H and O–H groups in total. The minimum absolute atomic E-state index is 0.510. The van der Waals surface area contributed by atoms with Crippen molar-refractivity contribution in [3.05, 3.63) is 28.2 Å². The maximum atomic E-state index is 3.61. The van der Waals surface area contributed by atoms with Crippen molar-refractivity contribution < 1.29 is 0 Å². The SMILES string of the molecule is CC(C)NCc1ccc(Br)cc1N(C)CC1CCN(C)C1. The largest absolute Gasteiger partial charge is 0.374 e. The summed E-state index contributed by atoms with van der Waals surface area (Å²) in [7, 11) is 4.44. The van der Waals surface area contributed by atoms with Gasteiger partial charge in [0.05, 0.1) is 0 Å². The maximum absolute atomic E-state index is 3.61. The highest BCUT2D eigenvalue weighted by molar-refractivity contribution is 9.10. The van der Waals surface area contributed by atoms with Crippen molar-refractivity contribution in [2.75, 3.05) is 38.6 Å². The molecule has 0 bridgehead atoms. The minimum atomic E-state index is 0.510. The van der Waals surface area contributed by atoms with Crippen molar-refractivity contribution in [2.24, 2.45) is 5.92 Å². The second kappa shape index (κ2) is 7.61. The number of anilines is 1. The molecule has 1 fully saturated rings. The van der Waals surface area contributed by atoms with Crippen LogP contribution in [0.25, 0.3) is 0 Å². The summed E-state index contributed by atoms with van der Waals surface area (Å²) >= 11 is 3.61. The Morgan fingerprint density at radius 2 is 2.19 bits per heavy atom. The van der Waals surface area contributed by atoms with Gasteiger partial charge in [0, 0.05) is 42.9 Å². The maximum Gasteiger partial charge on any atom is 0.0420 e. The van der Waals surface area contributed by atoms with Crippen LogP contribution in [0.3, 0.4) is 0 Å². The Balaban J connectivity index is 2.06. The van der Waals surface area contributed by atoms with Crippen LogP contribution in [0.1, 0.15) is 25.8 Å². The fourth-order valence-corrected chi connectivity index (χ4v) is 3.37. The van der Waals surface area contributed by atoms with Gasteiger partial charge in [-0.2, -0.15) is 0 Å². The summed E-state index contributed by atoms with van der Waals surface area (Å²) in [5.41, 5.74) is 2.72. The van der Waals surface area contributed by atoms with Gasteiger partial charge >= 0.3 is 0 Å². The first-order chi connectivity index (χ1) is 9.95. The summed E-state index contributed by atoms with van der Waals surface area (Å²) < 4.78 is 1.15. The van der Waals surface area contributed by atoms with Gasteiger partial charge in [0.25, 0.3) is 0 Å². The number of halogens is 1. The Hall–Kier alpha value is -0.580. The molecule has 0 amide bonds. The molecule has 0 aromatic heterocycles. The summed E-state index contributed by atoms with van der Waals surface area (Å²) in [4.78, 5) is 4.85. The van der Waals surface area contributed by atoms with Crippen molar-refractivity contribution in [3.63, 3.8) is 0 Å². The molecule has 4 heteroatoms. The summed E-state index contributed by atoms with van der Waals surface area (Å²) in [6.45, 7) is 8.90. The molecule has 1 aromatic rings. The molecule has 1 saturated heterocycles. The quantitative estimate of drug-likeness (QED) is 0.845. The van der Waals surface area contributed by atoms with E-state index in [-0.39, 0.29) is 0 Å². The summed E-state index contributed by atoms with van der Waals surface area (Å²) in [5.74, 6) is 0.782. The van der Waals surface area contributed by atoms with Gasteiger partial charge in [-0.3, -0.25) is 0 Å². The van der Waals surface area contributed by atoms with E-state index in [0.717, 1.165) is 23.5 Å². The van der Waals surface area contributed by atoms with Crippen LogP contribution in [0.2, 0.25) is 0 Å². The van der Waals surface area contributed by atoms with E-state index in [2.05, 4.69) is 77.2 Å². The third kappa shape index (κ3) is 4.97. The number of nitrogens with one attached hydrogen (secondary N) is 1. The molecule has 1 heterocycles. The van der Waals surface area contributed by atoms with Crippen LogP contribution in [-0.2, 0) is 6.54 Å². The van der Waals surface area contributed by atoms with E-state index in [1.54, 1.807) is 0 Å². The summed E-state index contributed by atoms with van der Waals surface area (Å²) in [6.07, 6.45) is 1.31. The average Bonchev–Trinajstić information content (AvgIpc) is 2.82. The zero-order chi connectivity index (χ0) is 15.4. The first-order valence-corrected chi connectivity index (χ1v) is 8.66. The third-order valence-corrected chi connectivity index (χ3v) is 4.67.